The molecule has 0 fully saturated rings. The Labute approximate surface area is 152 Å². The molecule has 3 heteroatoms. The molecule has 0 amide bonds. The number of rotatable bonds is 12. The van der Waals surface area contributed by atoms with Crippen LogP contribution in [0.15, 0.2) is 0 Å². The van der Waals surface area contributed by atoms with Crippen molar-refractivity contribution >= 4 is 13.2 Å². The summed E-state index contributed by atoms with van der Waals surface area (Å²) in [5.74, 6) is 0.149. The predicted molar refractivity (Wildman–Crippen MR) is 112 cm³/mol. The van der Waals surface area contributed by atoms with E-state index in [2.05, 4.69) is 61.8 Å². The van der Waals surface area contributed by atoms with Crippen molar-refractivity contribution in [1.82, 2.24) is 0 Å². The Bertz CT molecular complexity index is 372. The molecule has 0 spiro atoms. The van der Waals surface area contributed by atoms with Crippen LogP contribution in [0.3, 0.4) is 0 Å². The van der Waals surface area contributed by atoms with Gasteiger partial charge in [0.25, 0.3) is 0 Å². The molecule has 0 bridgehead atoms. The van der Waals surface area contributed by atoms with Crippen molar-refractivity contribution in [2.45, 2.75) is 99.3 Å². The van der Waals surface area contributed by atoms with E-state index in [1.165, 1.54) is 25.4 Å². The Morgan fingerprint density at radius 2 is 1.54 bits per heavy atom. The molecule has 0 radical (unpaired) electrons. The van der Waals surface area contributed by atoms with E-state index in [-0.39, 0.29) is 22.6 Å². The SMILES string of the molecule is CCCCC(=O)OC(CC(C)(C)C(C)(C)CCC)[PH](C)(C)CCC. The molecule has 0 aromatic heterocycles. The minimum absolute atomic E-state index is 0.0163. The van der Waals surface area contributed by atoms with Crippen LogP contribution in [0.4, 0.5) is 0 Å². The Morgan fingerprint density at radius 1 is 0.958 bits per heavy atom. The summed E-state index contributed by atoms with van der Waals surface area (Å²) in [5.41, 5.74) is 0.420. The summed E-state index contributed by atoms with van der Waals surface area (Å²) in [7, 11) is -1.59. The van der Waals surface area contributed by atoms with E-state index in [0.29, 0.717) is 6.42 Å². The van der Waals surface area contributed by atoms with Crippen molar-refractivity contribution in [3.63, 3.8) is 0 Å². The number of esters is 1. The minimum atomic E-state index is -1.59. The molecule has 0 aliphatic heterocycles. The predicted octanol–water partition coefficient (Wildman–Crippen LogP) is 6.71. The van der Waals surface area contributed by atoms with Crippen LogP contribution < -0.4 is 0 Å². The van der Waals surface area contributed by atoms with Gasteiger partial charge in [-0.3, -0.25) is 0 Å². The third-order valence-corrected chi connectivity index (χ3v) is 10.0. The van der Waals surface area contributed by atoms with Crippen LogP contribution in [0.25, 0.3) is 0 Å². The second kappa shape index (κ2) is 10.1. The number of hydrogen-bond acceptors (Lipinski definition) is 2. The molecule has 0 aliphatic rings. The molecule has 0 rings (SSSR count). The van der Waals surface area contributed by atoms with Gasteiger partial charge in [0.1, 0.15) is 0 Å². The first-order valence-electron chi connectivity index (χ1n) is 10.1. The van der Waals surface area contributed by atoms with Crippen LogP contribution >= 0.6 is 7.26 Å². The summed E-state index contributed by atoms with van der Waals surface area (Å²) < 4.78 is 6.10. The van der Waals surface area contributed by atoms with E-state index >= 15 is 0 Å². The zero-order valence-electron chi connectivity index (χ0n) is 18.1. The van der Waals surface area contributed by atoms with E-state index < -0.39 is 7.26 Å². The molecule has 0 aromatic rings. The third-order valence-electron chi connectivity index (χ3n) is 6.18. The first-order valence-corrected chi connectivity index (χ1v) is 13.4. The Morgan fingerprint density at radius 3 is 2.00 bits per heavy atom. The van der Waals surface area contributed by atoms with Crippen LogP contribution in [-0.2, 0) is 9.53 Å². The second-order valence-electron chi connectivity index (χ2n) is 9.54. The molecule has 146 valence electrons. The number of unbranched alkanes of at least 4 members (excludes halogenated alkanes) is 1. The van der Waals surface area contributed by atoms with Gasteiger partial charge in [0.05, 0.1) is 0 Å². The van der Waals surface area contributed by atoms with E-state index in [9.17, 15) is 4.79 Å². The molecular weight excluding hydrogens is 315 g/mol. The summed E-state index contributed by atoms with van der Waals surface area (Å²) >= 11 is 0. The first kappa shape index (κ1) is 23.9. The van der Waals surface area contributed by atoms with Gasteiger partial charge in [-0.15, -0.1) is 0 Å². The fourth-order valence-corrected chi connectivity index (χ4v) is 6.65. The van der Waals surface area contributed by atoms with Gasteiger partial charge in [0, 0.05) is 0 Å². The summed E-state index contributed by atoms with van der Waals surface area (Å²) in [6, 6.07) is 0. The molecule has 0 saturated heterocycles. The average molecular weight is 361 g/mol. The van der Waals surface area contributed by atoms with Crippen molar-refractivity contribution in [1.29, 1.82) is 0 Å². The number of carbonyl (C=O) groups is 1. The second-order valence-corrected chi connectivity index (χ2v) is 14.7. The van der Waals surface area contributed by atoms with Crippen LogP contribution in [-0.4, -0.2) is 31.3 Å². The van der Waals surface area contributed by atoms with Crippen LogP contribution in [0.2, 0.25) is 0 Å². The molecular formula is C21H45O2P. The van der Waals surface area contributed by atoms with Crippen molar-refractivity contribution in [3.8, 4) is 0 Å². The van der Waals surface area contributed by atoms with Crippen LogP contribution in [0, 0.1) is 10.8 Å². The molecule has 24 heavy (non-hydrogen) atoms. The van der Waals surface area contributed by atoms with Gasteiger partial charge in [-0.1, -0.05) is 0 Å². The first-order chi connectivity index (χ1) is 10.9. The topological polar surface area (TPSA) is 26.3 Å². The van der Waals surface area contributed by atoms with E-state index in [1.54, 1.807) is 0 Å². The van der Waals surface area contributed by atoms with Gasteiger partial charge in [-0.25, -0.2) is 0 Å². The summed E-state index contributed by atoms with van der Waals surface area (Å²) in [4.78, 5) is 12.3. The summed E-state index contributed by atoms with van der Waals surface area (Å²) in [6.07, 6.45) is 8.37. The Balaban J connectivity index is 5.29. The number of hydrogen-bond donors (Lipinski definition) is 0. The average Bonchev–Trinajstić information content (AvgIpc) is 2.43. The van der Waals surface area contributed by atoms with Crippen LogP contribution in [0.1, 0.15) is 93.4 Å². The standard InChI is InChI=1S/C21H45O2P/c1-10-13-14-18(22)23-19(24(8,9)16-12-3)17-21(6,7)20(4,5)15-11-2/h19,24H,10-17H2,1-9H3. The van der Waals surface area contributed by atoms with E-state index in [4.69, 9.17) is 4.74 Å². The maximum absolute atomic E-state index is 12.3. The molecule has 0 saturated carbocycles. The molecule has 0 heterocycles. The molecule has 1 atom stereocenters. The van der Waals surface area contributed by atoms with E-state index in [1.807, 2.05) is 0 Å². The van der Waals surface area contributed by atoms with Gasteiger partial charge >= 0.3 is 152 Å². The summed E-state index contributed by atoms with van der Waals surface area (Å²) in [6.45, 7) is 20.9. The molecule has 1 unspecified atom stereocenters. The Hall–Kier alpha value is -0.100. The normalized spacial score (nSPS) is 15.2. The Kier molecular flexibility index (Phi) is 10.1. The van der Waals surface area contributed by atoms with Gasteiger partial charge < -0.3 is 0 Å². The number of ether oxygens (including phenoxy) is 1. The quantitative estimate of drug-likeness (QED) is 0.286. The third kappa shape index (κ3) is 7.42. The zero-order chi connectivity index (χ0) is 19.0. The number of carbonyl (C=O) groups excluding carboxylic acids is 1. The van der Waals surface area contributed by atoms with Crippen molar-refractivity contribution in [3.05, 3.63) is 0 Å². The molecule has 0 aromatic carbocycles. The van der Waals surface area contributed by atoms with Gasteiger partial charge in [0.2, 0.25) is 0 Å². The summed E-state index contributed by atoms with van der Waals surface area (Å²) in [5, 5.41) is 0. The monoisotopic (exact) mass is 360 g/mol. The van der Waals surface area contributed by atoms with E-state index in [0.717, 1.165) is 19.3 Å². The molecule has 0 N–H and O–H groups in total. The van der Waals surface area contributed by atoms with Crippen molar-refractivity contribution < 1.29 is 9.53 Å². The van der Waals surface area contributed by atoms with Crippen molar-refractivity contribution in [2.24, 2.45) is 10.8 Å². The van der Waals surface area contributed by atoms with Crippen molar-refractivity contribution in [2.75, 3.05) is 19.5 Å². The fraction of sp³-hybridized carbons (Fsp3) is 0.952. The molecule has 2 nitrogen and oxygen atoms in total. The van der Waals surface area contributed by atoms with Gasteiger partial charge in [-0.05, 0) is 0 Å². The maximum atomic E-state index is 12.3. The molecule has 0 aliphatic carbocycles. The van der Waals surface area contributed by atoms with Gasteiger partial charge in [0.15, 0.2) is 0 Å². The zero-order valence-corrected chi connectivity index (χ0v) is 19.1. The fourth-order valence-electron chi connectivity index (χ4n) is 3.52. The van der Waals surface area contributed by atoms with Crippen LogP contribution in [0.5, 0.6) is 0 Å². The van der Waals surface area contributed by atoms with Gasteiger partial charge in [-0.2, -0.15) is 0 Å².